The molecule has 1 aliphatic carbocycles. The number of thiophene rings is 5. The molecule has 15 aromatic rings. The molecule has 2 atom stereocenters. The predicted molar refractivity (Wildman–Crippen MR) is 548 cm³/mol. The van der Waals surface area contributed by atoms with Crippen LogP contribution in [0.25, 0.3) is 104 Å². The Morgan fingerprint density at radius 1 is 0.409 bits per heavy atom. The first-order chi connectivity index (χ1) is 63.9. The minimum atomic E-state index is -0.0408. The third-order valence-electron chi connectivity index (χ3n) is 24.3. The Morgan fingerprint density at radius 3 is 1.11 bits per heavy atom. The second-order valence-corrected chi connectivity index (χ2v) is 45.3. The van der Waals surface area contributed by atoms with Gasteiger partial charge < -0.3 is 41.5 Å². The minimum Gasteiger partial charge on any atom is -0.379 e. The number of aromatic nitrogens is 10. The van der Waals surface area contributed by atoms with Gasteiger partial charge in [-0.3, -0.25) is 68.5 Å². The predicted octanol–water partition coefficient (Wildman–Crippen LogP) is 20.0. The molecule has 6 N–H and O–H groups in total. The van der Waals surface area contributed by atoms with Crippen LogP contribution in [-0.2, 0) is 93.4 Å². The summed E-state index contributed by atoms with van der Waals surface area (Å²) in [4.78, 5) is 123. The molecule has 5 aliphatic heterocycles. The topological polar surface area (TPSA) is 312 Å². The summed E-state index contributed by atoms with van der Waals surface area (Å²) in [5.41, 5.74) is 16.9. The van der Waals surface area contributed by atoms with E-state index < -0.39 is 0 Å². The number of hydrogen-bond acceptors (Lipinski definition) is 32. The van der Waals surface area contributed by atoms with Gasteiger partial charge in [0.2, 0.25) is 29.5 Å². The molecule has 20 heterocycles. The second-order valence-electron chi connectivity index (χ2n) is 34.6. The van der Waals surface area contributed by atoms with Gasteiger partial charge in [-0.2, -0.15) is 0 Å². The van der Waals surface area contributed by atoms with Gasteiger partial charge in [-0.1, -0.05) is 13.8 Å². The highest BCUT2D eigenvalue weighted by molar-refractivity contribution is 7.25. The van der Waals surface area contributed by atoms with Crippen molar-refractivity contribution in [2.24, 2.45) is 5.92 Å². The number of thiazole rings is 5. The van der Waals surface area contributed by atoms with Crippen molar-refractivity contribution in [2.75, 3.05) is 106 Å². The van der Waals surface area contributed by atoms with Crippen LogP contribution in [0, 0.1) is 5.92 Å². The number of likely N-dealkylation sites (N-methyl/N-ethyl adjacent to an activating group) is 1. The fourth-order valence-electron chi connectivity index (χ4n) is 17.2. The lowest BCUT2D eigenvalue weighted by atomic mass is 9.88. The van der Waals surface area contributed by atoms with Gasteiger partial charge in [0, 0.05) is 221 Å². The molecule has 0 spiro atoms. The van der Waals surface area contributed by atoms with Crippen molar-refractivity contribution < 1.29 is 28.7 Å². The van der Waals surface area contributed by atoms with E-state index in [0.29, 0.717) is 37.0 Å². The van der Waals surface area contributed by atoms with Crippen molar-refractivity contribution in [1.29, 1.82) is 0 Å². The van der Waals surface area contributed by atoms with E-state index in [-0.39, 0.29) is 29.5 Å². The third-order valence-corrected chi connectivity index (χ3v) is 35.2. The molecule has 5 amide bonds. The maximum absolute atomic E-state index is 12.7. The quantitative estimate of drug-likeness (QED) is 0.0413. The third kappa shape index (κ3) is 22.1. The Balaban J connectivity index is 0.000000116. The molecule has 6 aliphatic rings. The number of carbonyl (C=O) groups excluding carboxylic acids is 5. The minimum absolute atomic E-state index is 0.0272. The molecule has 1 saturated heterocycles. The maximum Gasteiger partial charge on any atom is 0.226 e. The molecule has 0 saturated carbocycles. The van der Waals surface area contributed by atoms with Crippen LogP contribution < -0.4 is 31.9 Å². The van der Waals surface area contributed by atoms with Crippen molar-refractivity contribution in [3.63, 3.8) is 0 Å². The SMILES string of the molecule is CC(=O)Nc1sc2c(c1-c1nc3cnccc3s1)CCC(C)C2.CC(=O)Nc1sc2c(c1-c1nc3cnccc3s1)CCN(C(C)C)C2.CC(=O)Nc1sc2c(c1-c1nc3cnccc3s1)CCN(C)C2.CC(=O)Nc1sc2c(c1-c1nc3cnccc3s1)CCN(CCN1CCOCC1)C2.CCC(C)NCCC(=O)Nc1sc2c(c1-c1nc3cnccc3s1)CCN(C(C)C)C2. The fraction of sp³-hybridized carbons (Fsp3) is 0.421. The summed E-state index contributed by atoms with van der Waals surface area (Å²) in [5, 5.41) is 28.3. The lowest BCUT2D eigenvalue weighted by molar-refractivity contribution is -0.116. The summed E-state index contributed by atoms with van der Waals surface area (Å²) in [6, 6.07) is 11.4. The number of hydrogen-bond donors (Lipinski definition) is 6. The zero-order chi connectivity index (χ0) is 92.0. The molecule has 690 valence electrons. The number of nitrogens with zero attached hydrogens (tertiary/aromatic N) is 15. The highest BCUT2D eigenvalue weighted by Gasteiger charge is 2.35. The lowest BCUT2D eigenvalue weighted by Gasteiger charge is -2.31. The number of pyridine rings is 5. The van der Waals surface area contributed by atoms with Crippen molar-refractivity contribution >= 4 is 219 Å². The standard InChI is InChI=1S/C23H31N5OS2.C21H25N5O2S2.C18H20N4OS2.C17H17N3OS2.C16H16N4OS2/c1-5-15(4)25-10-7-20(29)27-23-21(22-26-17-12-24-9-6-18(17)30-22)16-8-11-28(14(2)3)13-19(16)31-23;1-14(27)23-20-19(21-24-16-12-22-4-2-17(16)29-21)15-3-5-26(13-18(15)30-20)7-6-25-8-10-28-11-9-25;1-10(2)22-7-5-12-15(9-22)25-17(20-11(3)23)16(12)18-21-13-8-19-6-4-14(13)24-18;1-9-3-4-11-14(7-9)23-16(19-10(2)21)15(11)17-20-12-8-18-6-5-13(12)22-17;1-9(21)18-15-14(10-4-6-20(2)8-13(10)23-15)16-19-11-7-17-5-3-12(11)22-16/h6,9,12,14-15,25H,5,7-8,10-11,13H2,1-4H3,(H,27,29);2,4,12H,3,5-11,13H2,1H3,(H,23,27);4,6,8,10H,5,7,9H2,1-3H3,(H,20,23);5-6,8-9H,3-4,7H2,1-2H3,(H,19,21);3,5,7H,4,6,8H2,1-2H3,(H,18,21). The van der Waals surface area contributed by atoms with Gasteiger partial charge in [0.25, 0.3) is 0 Å². The number of anilines is 5. The average molecular weight is 1960 g/mol. The van der Waals surface area contributed by atoms with Crippen molar-refractivity contribution in [3.8, 4) is 52.9 Å². The van der Waals surface area contributed by atoms with Crippen LogP contribution in [0.2, 0.25) is 0 Å². The Labute approximate surface area is 807 Å². The number of carbonyl (C=O) groups is 5. The first kappa shape index (κ1) is 94.5. The summed E-state index contributed by atoms with van der Waals surface area (Å²) < 4.78 is 11.1. The zero-order valence-electron chi connectivity index (χ0n) is 76.2. The first-order valence-electron chi connectivity index (χ1n) is 45.0. The summed E-state index contributed by atoms with van der Waals surface area (Å²) in [5.74, 6) is 0.615. The number of amides is 5. The normalized spacial score (nSPS) is 16.1. The van der Waals surface area contributed by atoms with Gasteiger partial charge >= 0.3 is 0 Å². The molecule has 0 bridgehead atoms. The van der Waals surface area contributed by atoms with E-state index in [9.17, 15) is 24.0 Å². The highest BCUT2D eigenvalue weighted by atomic mass is 32.1. The summed E-state index contributed by atoms with van der Waals surface area (Å²) >= 11 is 16.9. The molecule has 27 nitrogen and oxygen atoms in total. The van der Waals surface area contributed by atoms with E-state index in [1.807, 2.05) is 36.5 Å². The number of morpholine rings is 1. The van der Waals surface area contributed by atoms with E-state index >= 15 is 0 Å². The number of nitrogens with one attached hydrogen (secondary N) is 6. The van der Waals surface area contributed by atoms with Gasteiger partial charge in [-0.25, -0.2) is 24.9 Å². The summed E-state index contributed by atoms with van der Waals surface area (Å²) in [6.45, 7) is 36.2. The largest absolute Gasteiger partial charge is 0.379 e. The van der Waals surface area contributed by atoms with E-state index in [4.69, 9.17) is 29.7 Å². The van der Waals surface area contributed by atoms with E-state index in [0.717, 1.165) is 266 Å². The van der Waals surface area contributed by atoms with Gasteiger partial charge in [0.1, 0.15) is 77.6 Å². The van der Waals surface area contributed by atoms with E-state index in [1.54, 1.807) is 197 Å². The lowest BCUT2D eigenvalue weighted by Crippen LogP contribution is -2.42. The maximum atomic E-state index is 12.7. The Hall–Kier alpha value is -9.23. The molecule has 37 heteroatoms. The molecule has 21 rings (SSSR count). The molecular formula is C95H109N21O6S10. The van der Waals surface area contributed by atoms with Crippen LogP contribution in [0.1, 0.15) is 148 Å². The molecule has 0 radical (unpaired) electrons. The molecule has 2 unspecified atom stereocenters. The van der Waals surface area contributed by atoms with Crippen LogP contribution in [0.3, 0.4) is 0 Å². The molecular weight excluding hydrogens is 1850 g/mol. The van der Waals surface area contributed by atoms with Crippen LogP contribution >= 0.6 is 113 Å². The van der Waals surface area contributed by atoms with Crippen LogP contribution in [0.4, 0.5) is 25.0 Å². The fourth-order valence-corrected chi connectivity index (χ4v) is 29.3. The highest BCUT2D eigenvalue weighted by Crippen LogP contribution is 2.52. The smallest absolute Gasteiger partial charge is 0.226 e. The molecule has 1 fully saturated rings. The van der Waals surface area contributed by atoms with Gasteiger partial charge in [0.15, 0.2) is 0 Å². The van der Waals surface area contributed by atoms with Crippen molar-refractivity contribution in [2.45, 2.75) is 178 Å². The monoisotopic (exact) mass is 1960 g/mol. The molecule has 132 heavy (non-hydrogen) atoms. The van der Waals surface area contributed by atoms with E-state index in [2.05, 4.69) is 137 Å². The number of fused-ring (bicyclic) bond motifs is 10. The van der Waals surface area contributed by atoms with Crippen molar-refractivity contribution in [3.05, 3.63) is 145 Å². The average Bonchev–Trinajstić information content (AvgIpc) is 1.62. The summed E-state index contributed by atoms with van der Waals surface area (Å²) in [7, 11) is 2.13. The first-order valence-corrected chi connectivity index (χ1v) is 53.2. The van der Waals surface area contributed by atoms with Crippen molar-refractivity contribution in [1.82, 2.24) is 79.7 Å². The molecule has 15 aromatic heterocycles. The Morgan fingerprint density at radius 2 is 0.742 bits per heavy atom. The van der Waals surface area contributed by atoms with Gasteiger partial charge in [0.05, 0.1) is 67.7 Å². The van der Waals surface area contributed by atoms with Crippen LogP contribution in [0.5, 0.6) is 0 Å². The Kier molecular flexibility index (Phi) is 30.6. The Bertz CT molecular complexity index is 6370. The zero-order valence-corrected chi connectivity index (χ0v) is 84.3. The summed E-state index contributed by atoms with van der Waals surface area (Å²) in [6.07, 6.45) is 26.8. The second kappa shape index (κ2) is 42.8. The molecule has 0 aromatic carbocycles. The van der Waals surface area contributed by atoms with Crippen LogP contribution in [-0.4, -0.2) is 201 Å². The van der Waals surface area contributed by atoms with Gasteiger partial charge in [-0.05, 0) is 157 Å². The number of ether oxygens (including phenoxy) is 1. The van der Waals surface area contributed by atoms with Crippen LogP contribution in [0.15, 0.2) is 92.3 Å². The number of rotatable bonds is 20. The van der Waals surface area contributed by atoms with Gasteiger partial charge in [-0.15, -0.1) is 113 Å². The van der Waals surface area contributed by atoms with E-state index in [1.165, 1.54) is 58.6 Å².